The van der Waals surface area contributed by atoms with E-state index in [4.69, 9.17) is 28.8 Å². The Bertz CT molecular complexity index is 3980. The van der Waals surface area contributed by atoms with Gasteiger partial charge in [0.2, 0.25) is 11.4 Å². The van der Waals surface area contributed by atoms with Gasteiger partial charge in [0.15, 0.2) is 11.6 Å². The molecule has 4 aromatic carbocycles. The quantitative estimate of drug-likeness (QED) is 0.0897. The summed E-state index contributed by atoms with van der Waals surface area (Å²) in [4.78, 5) is 33.3. The van der Waals surface area contributed by atoms with Crippen molar-refractivity contribution in [3.63, 3.8) is 0 Å². The Morgan fingerprint density at radius 1 is 0.488 bits per heavy atom. The van der Waals surface area contributed by atoms with Crippen LogP contribution in [0.3, 0.4) is 0 Å². The van der Waals surface area contributed by atoms with E-state index in [9.17, 15) is 10.5 Å². The number of para-hydroxylation sites is 2. The molecule has 16 nitrogen and oxygen atoms in total. The van der Waals surface area contributed by atoms with Crippen LogP contribution in [-0.2, 0) is 12.8 Å². The molecule has 10 aromatic rings. The third-order valence-corrected chi connectivity index (χ3v) is 16.3. The van der Waals surface area contributed by atoms with E-state index in [0.717, 1.165) is 164 Å². The van der Waals surface area contributed by atoms with Crippen LogP contribution in [0.15, 0.2) is 106 Å². The molecule has 440 valence electrons. The number of aryl methyl sites for hydroxylation is 6. The molecule has 0 bridgehead atoms. The Hall–Kier alpha value is -8.96. The van der Waals surface area contributed by atoms with Crippen LogP contribution >= 0.6 is 0 Å². The second-order valence-corrected chi connectivity index (χ2v) is 25.4. The molecule has 2 aliphatic heterocycles. The maximum atomic E-state index is 10.4. The summed E-state index contributed by atoms with van der Waals surface area (Å²) >= 11 is 0. The summed E-state index contributed by atoms with van der Waals surface area (Å²) in [5.41, 5.74) is 14.3. The van der Waals surface area contributed by atoms with Gasteiger partial charge in [0.25, 0.3) is 0 Å². The van der Waals surface area contributed by atoms with Gasteiger partial charge < -0.3 is 39.9 Å². The molecule has 0 radical (unpaired) electrons. The van der Waals surface area contributed by atoms with Gasteiger partial charge in [0.1, 0.15) is 46.4 Å². The van der Waals surface area contributed by atoms with E-state index in [0.29, 0.717) is 59.1 Å². The summed E-state index contributed by atoms with van der Waals surface area (Å²) < 4.78 is 11.5. The molecule has 0 unspecified atom stereocenters. The van der Waals surface area contributed by atoms with Crippen LogP contribution < -0.4 is 31.1 Å². The normalized spacial score (nSPS) is 14.4. The van der Waals surface area contributed by atoms with E-state index in [1.165, 1.54) is 0 Å². The molecular weight excluding hydrogens is 1070 g/mol. The number of nitriles is 2. The zero-order valence-electron chi connectivity index (χ0n) is 51.8. The van der Waals surface area contributed by atoms with Crippen LogP contribution in [0.25, 0.3) is 44.0 Å². The number of rotatable bonds is 12. The minimum Gasteiger partial charge on any atom is -0.443 e. The molecule has 0 spiro atoms. The van der Waals surface area contributed by atoms with E-state index in [2.05, 4.69) is 145 Å². The van der Waals surface area contributed by atoms with Gasteiger partial charge in [-0.2, -0.15) is 20.5 Å². The molecule has 0 saturated carbocycles. The molecular formula is C70H78N14O2. The molecule has 0 amide bonds. The molecule has 4 N–H and O–H groups in total. The number of hydrogen-bond donors (Lipinski definition) is 4. The average molecular weight is 1150 g/mol. The largest absolute Gasteiger partial charge is 0.443 e. The zero-order chi connectivity index (χ0) is 60.6. The molecule has 0 aliphatic carbocycles. The van der Waals surface area contributed by atoms with Crippen molar-refractivity contribution < 1.29 is 8.83 Å². The second-order valence-electron chi connectivity index (χ2n) is 25.4. The number of nitrogens with one attached hydrogen (secondary N) is 4. The lowest BCUT2D eigenvalue weighted by Crippen LogP contribution is -2.49. The summed E-state index contributed by atoms with van der Waals surface area (Å²) in [6.45, 7) is 28.8. The van der Waals surface area contributed by atoms with Crippen molar-refractivity contribution in [3.8, 4) is 12.1 Å². The van der Waals surface area contributed by atoms with Crippen LogP contribution in [0.4, 0.5) is 34.4 Å². The number of nitrogens with zero attached hydrogens (tertiary/aromatic N) is 10. The molecule has 2 saturated heterocycles. The van der Waals surface area contributed by atoms with Crippen LogP contribution in [0.5, 0.6) is 0 Å². The minimum atomic E-state index is 0.0802. The highest BCUT2D eigenvalue weighted by Gasteiger charge is 2.30. The Kier molecular flexibility index (Phi) is 16.5. The van der Waals surface area contributed by atoms with Crippen molar-refractivity contribution in [3.05, 3.63) is 165 Å². The smallest absolute Gasteiger partial charge is 0.229 e. The lowest BCUT2D eigenvalue weighted by molar-refractivity contribution is 0.317. The molecule has 2 fully saturated rings. The van der Waals surface area contributed by atoms with Crippen molar-refractivity contribution in [2.45, 2.75) is 145 Å². The standard InChI is InChI=1S/2C35H39N7O/c2*1-21-17-26(12-11-24(21)19-31-37-23(3)28-18-22(2)43-34(28)40-31)38-33-29(20-36)32(27-9-7-8-10-30(27)39-33)42-15-13-25(14-16-42)41-35(4,5)6/h2*7-12,17-18,25,41H,13-16,19H2,1-6H3,(H,38,39). The highest BCUT2D eigenvalue weighted by molar-refractivity contribution is 5.99. The predicted octanol–water partition coefficient (Wildman–Crippen LogP) is 14.5. The second kappa shape index (κ2) is 24.2. The minimum absolute atomic E-state index is 0.0802. The van der Waals surface area contributed by atoms with Crippen molar-refractivity contribution in [2.75, 3.05) is 46.6 Å². The van der Waals surface area contributed by atoms with Crippen molar-refractivity contribution in [1.29, 1.82) is 10.5 Å². The number of piperidine rings is 2. The first-order valence-corrected chi connectivity index (χ1v) is 30.1. The Labute approximate surface area is 504 Å². The number of fused-ring (bicyclic) bond motifs is 4. The summed E-state index contributed by atoms with van der Waals surface area (Å²) in [6, 6.07) is 38.6. The maximum absolute atomic E-state index is 10.4. The van der Waals surface area contributed by atoms with Gasteiger partial charge in [-0.05, 0) is 180 Å². The Morgan fingerprint density at radius 2 is 0.872 bits per heavy atom. The van der Waals surface area contributed by atoms with Crippen LogP contribution in [-0.4, -0.2) is 79.2 Å². The van der Waals surface area contributed by atoms with E-state index < -0.39 is 0 Å². The van der Waals surface area contributed by atoms with Gasteiger partial charge >= 0.3 is 0 Å². The SMILES string of the molecule is Cc1cc2c(C)nc(Cc3ccc(Nc4nc5ccccc5c(N5CCC(NC(C)(C)C)CC5)c4C#N)cc3C)nc2o1.Cc1cc2c(C)nc(Cc3ccc(Nc4nc5ccccc5c(N5CCC(NC(C)(C)C)CC5)c4C#N)cc3C)nc2o1. The van der Waals surface area contributed by atoms with E-state index >= 15 is 0 Å². The van der Waals surface area contributed by atoms with Gasteiger partial charge in [0, 0.05) is 84.3 Å². The molecule has 12 rings (SSSR count). The lowest BCUT2D eigenvalue weighted by Gasteiger charge is -2.38. The third-order valence-electron chi connectivity index (χ3n) is 16.3. The van der Waals surface area contributed by atoms with Gasteiger partial charge in [0.05, 0.1) is 44.6 Å². The molecule has 8 heterocycles. The number of furan rings is 2. The van der Waals surface area contributed by atoms with Gasteiger partial charge in [-0.1, -0.05) is 48.5 Å². The maximum Gasteiger partial charge on any atom is 0.229 e. The highest BCUT2D eigenvalue weighted by atomic mass is 16.3. The van der Waals surface area contributed by atoms with Crippen LogP contribution in [0.1, 0.15) is 135 Å². The number of aromatic nitrogens is 6. The topological polar surface area (TPSA) is 206 Å². The van der Waals surface area contributed by atoms with E-state index in [-0.39, 0.29) is 11.1 Å². The molecule has 16 heteroatoms. The van der Waals surface area contributed by atoms with Crippen LogP contribution in [0.2, 0.25) is 0 Å². The zero-order valence-corrected chi connectivity index (χ0v) is 51.8. The van der Waals surface area contributed by atoms with Gasteiger partial charge in [-0.25, -0.2) is 19.9 Å². The predicted molar refractivity (Wildman–Crippen MR) is 346 cm³/mol. The number of pyridine rings is 2. The number of anilines is 6. The fourth-order valence-electron chi connectivity index (χ4n) is 12.4. The Balaban J connectivity index is 0.000000179. The van der Waals surface area contributed by atoms with Crippen molar-refractivity contribution in [1.82, 2.24) is 40.5 Å². The van der Waals surface area contributed by atoms with Crippen molar-refractivity contribution >= 4 is 78.4 Å². The van der Waals surface area contributed by atoms with Crippen LogP contribution in [0, 0.1) is 64.2 Å². The third kappa shape index (κ3) is 13.1. The first-order chi connectivity index (χ1) is 41.1. The molecule has 2 aliphatic rings. The fraction of sp³-hybridized carbons (Fsp3) is 0.371. The lowest BCUT2D eigenvalue weighted by atomic mass is 9.98. The monoisotopic (exact) mass is 1150 g/mol. The average Bonchev–Trinajstić information content (AvgIpc) is 1.65. The summed E-state index contributed by atoms with van der Waals surface area (Å²) in [5.74, 6) is 4.29. The summed E-state index contributed by atoms with van der Waals surface area (Å²) in [7, 11) is 0. The number of hydrogen-bond acceptors (Lipinski definition) is 16. The molecule has 6 aromatic heterocycles. The molecule has 86 heavy (non-hydrogen) atoms. The van der Waals surface area contributed by atoms with Gasteiger partial charge in [-0.15, -0.1) is 0 Å². The first-order valence-electron chi connectivity index (χ1n) is 30.1. The van der Waals surface area contributed by atoms with Gasteiger partial charge in [-0.3, -0.25) is 0 Å². The van der Waals surface area contributed by atoms with E-state index in [1.54, 1.807) is 0 Å². The number of benzene rings is 4. The molecule has 0 atom stereocenters. The summed E-state index contributed by atoms with van der Waals surface area (Å²) in [6.07, 6.45) is 5.31. The first kappa shape index (κ1) is 58.8. The van der Waals surface area contributed by atoms with Crippen molar-refractivity contribution in [2.24, 2.45) is 0 Å². The Morgan fingerprint density at radius 3 is 1.23 bits per heavy atom. The fourth-order valence-corrected chi connectivity index (χ4v) is 12.4. The highest BCUT2D eigenvalue weighted by Crippen LogP contribution is 2.39. The summed E-state index contributed by atoms with van der Waals surface area (Å²) in [5, 5.41) is 39.3. The van der Waals surface area contributed by atoms with E-state index in [1.807, 2.05) is 88.4 Å².